The lowest BCUT2D eigenvalue weighted by atomic mass is 9.74. The van der Waals surface area contributed by atoms with Crippen molar-refractivity contribution in [1.29, 1.82) is 0 Å². The maximum Gasteiger partial charge on any atom is 0.340 e. The summed E-state index contributed by atoms with van der Waals surface area (Å²) >= 11 is 4.24. The molecule has 132 valence electrons. The Morgan fingerprint density at radius 3 is 1.43 bits per heavy atom. The van der Waals surface area contributed by atoms with Crippen molar-refractivity contribution < 1.29 is 19.1 Å². The number of cyclic esters (lactones) is 2. The highest BCUT2D eigenvalue weighted by Crippen LogP contribution is 2.38. The van der Waals surface area contributed by atoms with Gasteiger partial charge in [0.15, 0.2) is 17.3 Å². The number of hydrogen-bond acceptors (Lipinski definition) is 6. The molecule has 2 aliphatic heterocycles. The average Bonchev–Trinajstić information content (AvgIpc) is 2.61. The van der Waals surface area contributed by atoms with Gasteiger partial charge < -0.3 is 9.47 Å². The van der Waals surface area contributed by atoms with Crippen molar-refractivity contribution in [3.05, 3.63) is 0 Å². The first-order valence-electron chi connectivity index (χ1n) is 7.01. The van der Waals surface area contributed by atoms with E-state index in [0.717, 1.165) is 0 Å². The van der Waals surface area contributed by atoms with Crippen molar-refractivity contribution in [3.63, 3.8) is 0 Å². The zero-order valence-corrected chi connectivity index (χ0v) is 19.1. The van der Waals surface area contributed by atoms with Crippen molar-refractivity contribution in [2.45, 2.75) is 66.5 Å². The molecule has 0 amide bonds. The highest BCUT2D eigenvalue weighted by molar-refractivity contribution is 15.0. The second-order valence-electron chi connectivity index (χ2n) is 6.78. The summed E-state index contributed by atoms with van der Waals surface area (Å²) in [4.78, 5) is 30.4. The number of rotatable bonds is 0. The van der Waals surface area contributed by atoms with Gasteiger partial charge >= 0.3 is 11.9 Å². The standard InChI is InChI=1S/C9H15NO2.C6H9NO2.I2/c1-6-10-9(4,5)8(2,3)7(11)12-6;1-4-7-6(2,3)5(8)9-4;1-2/h1-5H3;1-3H3;. The average molecular weight is 550 g/mol. The van der Waals surface area contributed by atoms with E-state index in [1.54, 1.807) is 27.7 Å². The van der Waals surface area contributed by atoms with Crippen LogP contribution in [0, 0.1) is 5.41 Å². The summed E-state index contributed by atoms with van der Waals surface area (Å²) in [5.41, 5.74) is -1.55. The first-order chi connectivity index (χ1) is 10.3. The van der Waals surface area contributed by atoms with Crippen LogP contribution in [0.3, 0.4) is 0 Å². The molecule has 0 unspecified atom stereocenters. The van der Waals surface area contributed by atoms with Crippen LogP contribution in [0.25, 0.3) is 0 Å². The number of carbonyl (C=O) groups is 2. The molecular formula is C15H24I2N2O4. The fourth-order valence-corrected chi connectivity index (χ4v) is 1.79. The van der Waals surface area contributed by atoms with Crippen molar-refractivity contribution in [3.8, 4) is 0 Å². The van der Waals surface area contributed by atoms with Crippen LogP contribution in [0.4, 0.5) is 0 Å². The Kier molecular flexibility index (Phi) is 8.12. The largest absolute Gasteiger partial charge is 0.412 e. The van der Waals surface area contributed by atoms with Crippen molar-refractivity contribution in [2.75, 3.05) is 0 Å². The zero-order chi connectivity index (χ0) is 18.6. The lowest BCUT2D eigenvalue weighted by molar-refractivity contribution is -0.150. The number of ether oxygens (including phenoxy) is 2. The molecule has 0 saturated heterocycles. The summed E-state index contributed by atoms with van der Waals surface area (Å²) in [5, 5.41) is 0. The molecule has 0 N–H and O–H groups in total. The summed E-state index contributed by atoms with van der Waals surface area (Å²) in [6, 6.07) is 0. The zero-order valence-electron chi connectivity index (χ0n) is 14.8. The highest BCUT2D eigenvalue weighted by Gasteiger charge is 2.47. The monoisotopic (exact) mass is 550 g/mol. The molecule has 0 fully saturated rings. The Hall–Kier alpha value is -0.260. The lowest BCUT2D eigenvalue weighted by Crippen LogP contribution is -2.49. The molecule has 8 heteroatoms. The van der Waals surface area contributed by atoms with Gasteiger partial charge in [-0.3, -0.25) is 4.79 Å². The van der Waals surface area contributed by atoms with Gasteiger partial charge in [0, 0.05) is 51.1 Å². The van der Waals surface area contributed by atoms with Gasteiger partial charge in [-0.15, -0.1) is 0 Å². The van der Waals surface area contributed by atoms with E-state index in [-0.39, 0.29) is 17.5 Å². The molecular weight excluding hydrogens is 526 g/mol. The molecule has 23 heavy (non-hydrogen) atoms. The molecule has 0 atom stereocenters. The highest BCUT2D eigenvalue weighted by atomic mass is 128. The quantitative estimate of drug-likeness (QED) is 0.334. The minimum atomic E-state index is -0.649. The third-order valence-corrected chi connectivity index (χ3v) is 3.89. The van der Waals surface area contributed by atoms with Gasteiger partial charge in [-0.1, -0.05) is 0 Å². The summed E-state index contributed by atoms with van der Waals surface area (Å²) in [7, 11) is 0. The second-order valence-corrected chi connectivity index (χ2v) is 6.78. The third kappa shape index (κ3) is 5.64. The van der Waals surface area contributed by atoms with Crippen LogP contribution in [-0.2, 0) is 19.1 Å². The van der Waals surface area contributed by atoms with E-state index in [1.807, 2.05) is 27.7 Å². The van der Waals surface area contributed by atoms with Gasteiger partial charge in [0.25, 0.3) is 0 Å². The van der Waals surface area contributed by atoms with Crippen LogP contribution in [0.15, 0.2) is 9.98 Å². The number of aliphatic imine (C=N–C) groups is 2. The predicted molar refractivity (Wildman–Crippen MR) is 108 cm³/mol. The molecule has 0 aromatic carbocycles. The summed E-state index contributed by atoms with van der Waals surface area (Å²) < 4.78 is 9.64. The van der Waals surface area contributed by atoms with Gasteiger partial charge in [0.1, 0.15) is 0 Å². The molecule has 6 nitrogen and oxygen atoms in total. The van der Waals surface area contributed by atoms with E-state index in [9.17, 15) is 9.59 Å². The summed E-state index contributed by atoms with van der Waals surface area (Å²) in [6.07, 6.45) is 0. The fraction of sp³-hybridized carbons (Fsp3) is 0.733. The molecule has 0 saturated carbocycles. The van der Waals surface area contributed by atoms with Gasteiger partial charge in [0.05, 0.1) is 11.0 Å². The Morgan fingerprint density at radius 2 is 1.17 bits per heavy atom. The minimum Gasteiger partial charge on any atom is -0.412 e. The van der Waals surface area contributed by atoms with Crippen molar-refractivity contribution in [2.24, 2.45) is 15.4 Å². The maximum absolute atomic E-state index is 11.4. The number of carbonyl (C=O) groups excluding carboxylic acids is 2. The van der Waals surface area contributed by atoms with Crippen LogP contribution in [0.5, 0.6) is 0 Å². The minimum absolute atomic E-state index is 0.194. The van der Waals surface area contributed by atoms with Crippen LogP contribution >= 0.6 is 37.2 Å². The van der Waals surface area contributed by atoms with Crippen LogP contribution < -0.4 is 0 Å². The topological polar surface area (TPSA) is 77.3 Å². The number of esters is 2. The smallest absolute Gasteiger partial charge is 0.340 e. The second kappa shape index (κ2) is 8.21. The van der Waals surface area contributed by atoms with E-state index < -0.39 is 11.0 Å². The van der Waals surface area contributed by atoms with Gasteiger partial charge in [-0.05, 0) is 41.5 Å². The maximum atomic E-state index is 11.4. The SMILES string of the molecule is CC1=NC(C)(C)C(=O)O1.CC1=NC(C)(C)C(C)(C)C(=O)O1.II. The first-order valence-corrected chi connectivity index (χ1v) is 13.3. The fourth-order valence-electron chi connectivity index (χ4n) is 1.79. The number of halogens is 2. The normalized spacial score (nSPS) is 23.0. The van der Waals surface area contributed by atoms with Crippen LogP contribution in [0.1, 0.15) is 55.4 Å². The summed E-state index contributed by atoms with van der Waals surface area (Å²) in [6.45, 7) is 14.4. The van der Waals surface area contributed by atoms with E-state index in [1.165, 1.54) is 0 Å². The molecule has 2 aliphatic rings. The lowest BCUT2D eigenvalue weighted by Gasteiger charge is -2.39. The molecule has 0 aromatic rings. The Labute approximate surface area is 161 Å². The molecule has 0 radical (unpaired) electrons. The molecule has 0 spiro atoms. The Morgan fingerprint density at radius 1 is 0.783 bits per heavy atom. The Bertz CT molecular complexity index is 538. The van der Waals surface area contributed by atoms with Gasteiger partial charge in [-0.25, -0.2) is 14.8 Å². The third-order valence-electron chi connectivity index (χ3n) is 3.89. The van der Waals surface area contributed by atoms with Gasteiger partial charge in [0.2, 0.25) is 0 Å². The van der Waals surface area contributed by atoms with Gasteiger partial charge in [-0.2, -0.15) is 0 Å². The van der Waals surface area contributed by atoms with Crippen LogP contribution in [-0.4, -0.2) is 34.8 Å². The number of hydrogen-bond donors (Lipinski definition) is 0. The van der Waals surface area contributed by atoms with Crippen molar-refractivity contribution in [1.82, 2.24) is 0 Å². The Balaban J connectivity index is 0.000000392. The molecule has 2 heterocycles. The van der Waals surface area contributed by atoms with E-state index in [4.69, 9.17) is 4.74 Å². The van der Waals surface area contributed by atoms with Crippen molar-refractivity contribution >= 4 is 61.0 Å². The molecule has 0 bridgehead atoms. The van der Waals surface area contributed by atoms with Crippen LogP contribution in [0.2, 0.25) is 0 Å². The van der Waals surface area contributed by atoms with E-state index >= 15 is 0 Å². The van der Waals surface area contributed by atoms with E-state index in [2.05, 4.69) is 52.0 Å². The number of nitrogens with zero attached hydrogens (tertiary/aromatic N) is 2. The van der Waals surface area contributed by atoms with E-state index in [0.29, 0.717) is 11.8 Å². The molecule has 0 aromatic heterocycles. The molecule has 0 aliphatic carbocycles. The first kappa shape index (κ1) is 22.7. The summed E-state index contributed by atoms with van der Waals surface area (Å²) in [5.74, 6) is 0.467. The molecule has 2 rings (SSSR count). The predicted octanol–water partition coefficient (Wildman–Crippen LogP) is 4.28.